The van der Waals surface area contributed by atoms with Crippen molar-refractivity contribution in [3.05, 3.63) is 59.7 Å². The van der Waals surface area contributed by atoms with Crippen molar-refractivity contribution in [1.29, 1.82) is 0 Å². The largest absolute Gasteiger partial charge is 0.493 e. The van der Waals surface area contributed by atoms with Crippen LogP contribution in [-0.4, -0.2) is 32.0 Å². The van der Waals surface area contributed by atoms with Gasteiger partial charge in [-0.15, -0.1) is 0 Å². The van der Waals surface area contributed by atoms with Crippen LogP contribution in [0, 0.1) is 0 Å². The second-order valence-electron chi connectivity index (χ2n) is 5.56. The van der Waals surface area contributed by atoms with E-state index in [9.17, 15) is 5.11 Å². The molecule has 2 atom stereocenters. The number of nitrogens with one attached hydrogen (secondary N) is 1. The number of benzene rings is 2. The normalized spacial score (nSPS) is 13.4. The van der Waals surface area contributed by atoms with E-state index in [0.717, 1.165) is 12.1 Å². The number of hydrogen-bond donors (Lipinski definition) is 2. The zero-order valence-corrected chi connectivity index (χ0v) is 14.0. The Morgan fingerprint density at radius 3 is 2.30 bits per heavy atom. The van der Waals surface area contributed by atoms with E-state index in [4.69, 9.17) is 9.47 Å². The van der Waals surface area contributed by atoms with Crippen LogP contribution in [0.4, 0.5) is 0 Å². The number of methoxy groups -OCH3 is 2. The highest BCUT2D eigenvalue weighted by Gasteiger charge is 2.20. The van der Waals surface area contributed by atoms with Crippen molar-refractivity contribution in [3.8, 4) is 11.5 Å². The quantitative estimate of drug-likeness (QED) is 0.786. The first-order valence-corrected chi connectivity index (χ1v) is 7.79. The summed E-state index contributed by atoms with van der Waals surface area (Å²) in [5.41, 5.74) is 2.25. The number of aliphatic hydroxyl groups excluding tert-OH is 1. The van der Waals surface area contributed by atoms with E-state index in [2.05, 4.69) is 24.4 Å². The minimum absolute atomic E-state index is 0.0153. The van der Waals surface area contributed by atoms with E-state index in [1.54, 1.807) is 14.2 Å². The van der Waals surface area contributed by atoms with Gasteiger partial charge >= 0.3 is 0 Å². The van der Waals surface area contributed by atoms with Gasteiger partial charge in [0, 0.05) is 18.5 Å². The lowest BCUT2D eigenvalue weighted by Crippen LogP contribution is -2.33. The van der Waals surface area contributed by atoms with Gasteiger partial charge in [-0.3, -0.25) is 0 Å². The van der Waals surface area contributed by atoms with Gasteiger partial charge < -0.3 is 19.9 Å². The minimum atomic E-state index is -0.0153. The van der Waals surface area contributed by atoms with E-state index in [1.807, 2.05) is 36.4 Å². The van der Waals surface area contributed by atoms with Crippen molar-refractivity contribution < 1.29 is 14.6 Å². The average molecular weight is 315 g/mol. The van der Waals surface area contributed by atoms with Crippen LogP contribution >= 0.6 is 0 Å². The van der Waals surface area contributed by atoms with Gasteiger partial charge in [-0.25, -0.2) is 0 Å². The van der Waals surface area contributed by atoms with Crippen LogP contribution in [0.2, 0.25) is 0 Å². The molecule has 2 N–H and O–H groups in total. The second kappa shape index (κ2) is 8.56. The summed E-state index contributed by atoms with van der Waals surface area (Å²) in [5, 5.41) is 13.3. The van der Waals surface area contributed by atoms with Crippen molar-refractivity contribution in [2.45, 2.75) is 25.4 Å². The smallest absolute Gasteiger partial charge is 0.160 e. The van der Waals surface area contributed by atoms with Gasteiger partial charge in [-0.1, -0.05) is 36.4 Å². The lowest BCUT2D eigenvalue weighted by Gasteiger charge is -2.24. The molecule has 0 heterocycles. The summed E-state index contributed by atoms with van der Waals surface area (Å²) >= 11 is 0. The van der Waals surface area contributed by atoms with Crippen molar-refractivity contribution >= 4 is 0 Å². The fraction of sp³-hybridized carbons (Fsp3) is 0.368. The molecular weight excluding hydrogens is 290 g/mol. The van der Waals surface area contributed by atoms with E-state index in [1.165, 1.54) is 5.56 Å². The first-order chi connectivity index (χ1) is 11.2. The first kappa shape index (κ1) is 17.3. The molecule has 0 spiro atoms. The Morgan fingerprint density at radius 2 is 1.70 bits per heavy atom. The summed E-state index contributed by atoms with van der Waals surface area (Å²) in [4.78, 5) is 0. The lowest BCUT2D eigenvalue weighted by molar-refractivity contribution is 0.239. The van der Waals surface area contributed by atoms with Crippen LogP contribution in [0.1, 0.15) is 24.0 Å². The topological polar surface area (TPSA) is 50.7 Å². The molecule has 0 amide bonds. The molecule has 0 radical (unpaired) electrons. The fourth-order valence-corrected chi connectivity index (χ4v) is 2.65. The number of ether oxygens (including phenoxy) is 2. The summed E-state index contributed by atoms with van der Waals surface area (Å²) in [6, 6.07) is 16.1. The summed E-state index contributed by atoms with van der Waals surface area (Å²) in [5.74, 6) is 1.36. The maximum Gasteiger partial charge on any atom is 0.160 e. The molecular formula is C19H25NO3. The van der Waals surface area contributed by atoms with Gasteiger partial charge in [0.15, 0.2) is 11.5 Å². The highest BCUT2D eigenvalue weighted by atomic mass is 16.5. The first-order valence-electron chi connectivity index (χ1n) is 7.79. The molecule has 124 valence electrons. The van der Waals surface area contributed by atoms with Gasteiger partial charge in [0.1, 0.15) is 0 Å². The Balaban J connectivity index is 2.09. The number of hydrogen-bond acceptors (Lipinski definition) is 4. The monoisotopic (exact) mass is 315 g/mol. The predicted octanol–water partition coefficient (Wildman–Crippen LogP) is 2.96. The highest BCUT2D eigenvalue weighted by Crippen LogP contribution is 2.31. The zero-order valence-electron chi connectivity index (χ0n) is 14.0. The molecule has 2 rings (SSSR count). The molecule has 4 heteroatoms. The minimum Gasteiger partial charge on any atom is -0.493 e. The Morgan fingerprint density at radius 1 is 1.00 bits per heavy atom. The molecule has 0 aliphatic heterocycles. The molecule has 0 saturated heterocycles. The van der Waals surface area contributed by atoms with Crippen LogP contribution in [0.3, 0.4) is 0 Å². The lowest BCUT2D eigenvalue weighted by atomic mass is 9.92. The Bertz CT molecular complexity index is 601. The van der Waals surface area contributed by atoms with Crippen LogP contribution in [0.25, 0.3) is 0 Å². The van der Waals surface area contributed by atoms with Gasteiger partial charge in [-0.05, 0) is 30.2 Å². The summed E-state index contributed by atoms with van der Waals surface area (Å²) in [7, 11) is 3.23. The van der Waals surface area contributed by atoms with Gasteiger partial charge in [-0.2, -0.15) is 0 Å². The van der Waals surface area contributed by atoms with Crippen LogP contribution < -0.4 is 14.8 Å². The number of aliphatic hydroxyl groups is 1. The third-order valence-corrected chi connectivity index (χ3v) is 4.11. The standard InChI is InChI=1S/C19H25NO3/c1-14(20-12-15-7-5-4-6-8-15)17(13-21)16-9-10-18(22-2)19(11-16)23-3/h4-11,14,17,20-21H,12-13H2,1-3H3. The summed E-state index contributed by atoms with van der Waals surface area (Å²) < 4.78 is 10.6. The maximum atomic E-state index is 9.83. The highest BCUT2D eigenvalue weighted by molar-refractivity contribution is 5.44. The molecule has 23 heavy (non-hydrogen) atoms. The van der Waals surface area contributed by atoms with E-state index < -0.39 is 0 Å². The Labute approximate surface area is 138 Å². The molecule has 0 bridgehead atoms. The van der Waals surface area contributed by atoms with Gasteiger partial charge in [0.2, 0.25) is 0 Å². The Kier molecular flexibility index (Phi) is 6.44. The third-order valence-electron chi connectivity index (χ3n) is 4.11. The van der Waals surface area contributed by atoms with Gasteiger partial charge in [0.05, 0.1) is 20.8 Å². The van der Waals surface area contributed by atoms with E-state index in [-0.39, 0.29) is 18.6 Å². The molecule has 0 saturated carbocycles. The molecule has 0 aliphatic carbocycles. The second-order valence-corrected chi connectivity index (χ2v) is 5.56. The zero-order chi connectivity index (χ0) is 16.7. The SMILES string of the molecule is COc1ccc(C(CO)C(C)NCc2ccccc2)cc1OC. The molecule has 2 unspecified atom stereocenters. The van der Waals surface area contributed by atoms with Crippen molar-refractivity contribution in [2.75, 3.05) is 20.8 Å². The van der Waals surface area contributed by atoms with Crippen molar-refractivity contribution in [2.24, 2.45) is 0 Å². The fourth-order valence-electron chi connectivity index (χ4n) is 2.65. The number of rotatable bonds is 8. The molecule has 4 nitrogen and oxygen atoms in total. The van der Waals surface area contributed by atoms with E-state index in [0.29, 0.717) is 11.5 Å². The predicted molar refractivity (Wildman–Crippen MR) is 92.1 cm³/mol. The van der Waals surface area contributed by atoms with Crippen LogP contribution in [0.5, 0.6) is 11.5 Å². The van der Waals surface area contributed by atoms with Crippen molar-refractivity contribution in [3.63, 3.8) is 0 Å². The maximum absolute atomic E-state index is 9.83. The van der Waals surface area contributed by atoms with Crippen LogP contribution in [0.15, 0.2) is 48.5 Å². The molecule has 0 aliphatic rings. The summed E-state index contributed by atoms with van der Waals surface area (Å²) in [6.45, 7) is 2.92. The third kappa shape index (κ3) is 4.47. The summed E-state index contributed by atoms with van der Waals surface area (Å²) in [6.07, 6.45) is 0. The molecule has 0 aromatic heterocycles. The molecule has 0 fully saturated rings. The van der Waals surface area contributed by atoms with E-state index >= 15 is 0 Å². The molecule has 2 aromatic carbocycles. The average Bonchev–Trinajstić information content (AvgIpc) is 2.61. The van der Waals surface area contributed by atoms with Crippen molar-refractivity contribution in [1.82, 2.24) is 5.32 Å². The van der Waals surface area contributed by atoms with Gasteiger partial charge in [0.25, 0.3) is 0 Å². The molecule has 2 aromatic rings. The van der Waals surface area contributed by atoms with Crippen LogP contribution in [-0.2, 0) is 6.54 Å². The Hall–Kier alpha value is -2.04.